The number of ether oxygens (including phenoxy) is 2. The molecule has 10 nitrogen and oxygen atoms in total. The zero-order chi connectivity index (χ0) is 26.5. The van der Waals surface area contributed by atoms with Gasteiger partial charge in [0.25, 0.3) is 0 Å². The molecule has 37 heavy (non-hydrogen) atoms. The highest BCUT2D eigenvalue weighted by atomic mass is 16.5. The van der Waals surface area contributed by atoms with E-state index in [4.69, 9.17) is 9.47 Å². The van der Waals surface area contributed by atoms with Gasteiger partial charge in [0.15, 0.2) is 0 Å². The van der Waals surface area contributed by atoms with E-state index in [9.17, 15) is 19.2 Å². The Bertz CT molecular complexity index is 911. The van der Waals surface area contributed by atoms with Crippen molar-refractivity contribution in [3.63, 3.8) is 0 Å². The van der Waals surface area contributed by atoms with Gasteiger partial charge in [-0.15, -0.1) is 0 Å². The Morgan fingerprint density at radius 2 is 1.70 bits per heavy atom. The van der Waals surface area contributed by atoms with Crippen molar-refractivity contribution >= 4 is 23.8 Å². The molecule has 0 bridgehead atoms. The average molecular weight is 515 g/mol. The van der Waals surface area contributed by atoms with Crippen molar-refractivity contribution in [2.45, 2.75) is 44.8 Å². The summed E-state index contributed by atoms with van der Waals surface area (Å²) in [5, 5.41) is 5.44. The van der Waals surface area contributed by atoms with Gasteiger partial charge in [-0.2, -0.15) is 0 Å². The molecule has 2 fully saturated rings. The van der Waals surface area contributed by atoms with Crippen LogP contribution in [0.15, 0.2) is 43.0 Å². The fourth-order valence-electron chi connectivity index (χ4n) is 4.49. The fraction of sp³-hybridized carbons (Fsp3) is 0.556. The van der Waals surface area contributed by atoms with Crippen molar-refractivity contribution in [1.82, 2.24) is 20.4 Å². The van der Waals surface area contributed by atoms with E-state index in [0.717, 1.165) is 18.4 Å². The van der Waals surface area contributed by atoms with Gasteiger partial charge in [-0.3, -0.25) is 14.4 Å². The number of amides is 4. The van der Waals surface area contributed by atoms with Crippen LogP contribution < -0.4 is 10.6 Å². The number of benzene rings is 1. The van der Waals surface area contributed by atoms with Gasteiger partial charge in [0.05, 0.1) is 0 Å². The first-order valence-electron chi connectivity index (χ1n) is 13.0. The van der Waals surface area contributed by atoms with Gasteiger partial charge in [0, 0.05) is 51.9 Å². The molecule has 0 spiro atoms. The molecule has 10 heteroatoms. The summed E-state index contributed by atoms with van der Waals surface area (Å²) in [6.45, 7) is 6.99. The van der Waals surface area contributed by atoms with Gasteiger partial charge in [-0.05, 0) is 43.7 Å². The van der Waals surface area contributed by atoms with Gasteiger partial charge >= 0.3 is 6.09 Å². The first-order chi connectivity index (χ1) is 18.0. The number of unbranched alkanes of at least 4 members (excludes halogenated alkanes) is 1. The Kier molecular flexibility index (Phi) is 11.4. The van der Waals surface area contributed by atoms with Gasteiger partial charge in [0.2, 0.25) is 17.7 Å². The van der Waals surface area contributed by atoms with Crippen LogP contribution in [0.5, 0.6) is 0 Å². The zero-order valence-electron chi connectivity index (χ0n) is 21.4. The van der Waals surface area contributed by atoms with E-state index in [2.05, 4.69) is 17.2 Å². The average Bonchev–Trinajstić information content (AvgIpc) is 2.95. The van der Waals surface area contributed by atoms with Crippen molar-refractivity contribution in [3.8, 4) is 0 Å². The van der Waals surface area contributed by atoms with Crippen LogP contribution in [-0.2, 0) is 30.5 Å². The SMILES string of the molecule is C=CC(=O)NCCCC[C@H](NC(=O)OCc1ccccc1)C(=O)N1CCN(C(=O)C2CCOCC2)CC1. The molecule has 202 valence electrons. The van der Waals surface area contributed by atoms with Crippen LogP contribution >= 0.6 is 0 Å². The zero-order valence-corrected chi connectivity index (χ0v) is 21.4. The van der Waals surface area contributed by atoms with Crippen LogP contribution in [0.4, 0.5) is 4.79 Å². The molecule has 0 radical (unpaired) electrons. The molecule has 2 aliphatic heterocycles. The standard InChI is InChI=1S/C27H38N4O6/c1-2-24(32)28-13-7-6-10-23(29-27(35)37-20-21-8-4-3-5-9-21)26(34)31-16-14-30(15-17-31)25(33)22-11-18-36-19-12-22/h2-5,8-9,22-23H,1,6-7,10-20H2,(H,28,32)(H,29,35)/t23-/m0/s1. The van der Waals surface area contributed by atoms with Gasteiger partial charge in [0.1, 0.15) is 12.6 Å². The monoisotopic (exact) mass is 514 g/mol. The van der Waals surface area contributed by atoms with E-state index in [-0.39, 0.29) is 30.2 Å². The number of carbonyl (C=O) groups excluding carboxylic acids is 4. The Labute approximate surface area is 218 Å². The predicted molar refractivity (Wildman–Crippen MR) is 137 cm³/mol. The summed E-state index contributed by atoms with van der Waals surface area (Å²) in [5.41, 5.74) is 0.851. The van der Waals surface area contributed by atoms with E-state index in [1.54, 1.807) is 4.90 Å². The highest BCUT2D eigenvalue weighted by Crippen LogP contribution is 2.19. The number of nitrogens with zero attached hydrogens (tertiary/aromatic N) is 2. The minimum absolute atomic E-state index is 0.00798. The number of alkyl carbamates (subject to hydrolysis) is 1. The predicted octanol–water partition coefficient (Wildman–Crippen LogP) is 1.85. The van der Waals surface area contributed by atoms with E-state index in [1.807, 2.05) is 35.2 Å². The topological polar surface area (TPSA) is 117 Å². The second-order valence-corrected chi connectivity index (χ2v) is 9.29. The van der Waals surface area contributed by atoms with E-state index in [0.29, 0.717) is 65.2 Å². The molecule has 2 heterocycles. The minimum atomic E-state index is -0.754. The van der Waals surface area contributed by atoms with Crippen LogP contribution in [0.25, 0.3) is 0 Å². The molecule has 2 N–H and O–H groups in total. The molecule has 0 aromatic heterocycles. The number of hydrogen-bond donors (Lipinski definition) is 2. The fourth-order valence-corrected chi connectivity index (χ4v) is 4.49. The van der Waals surface area contributed by atoms with Crippen molar-refractivity contribution < 1.29 is 28.7 Å². The third-order valence-electron chi connectivity index (χ3n) is 6.68. The van der Waals surface area contributed by atoms with Crippen molar-refractivity contribution in [1.29, 1.82) is 0 Å². The Morgan fingerprint density at radius 3 is 2.38 bits per heavy atom. The molecule has 1 aromatic carbocycles. The van der Waals surface area contributed by atoms with E-state index < -0.39 is 12.1 Å². The molecule has 0 aliphatic carbocycles. The Hall–Kier alpha value is -3.40. The highest BCUT2D eigenvalue weighted by Gasteiger charge is 2.32. The summed E-state index contributed by atoms with van der Waals surface area (Å²) >= 11 is 0. The molecular formula is C27H38N4O6. The van der Waals surface area contributed by atoms with E-state index in [1.165, 1.54) is 6.08 Å². The quantitative estimate of drug-likeness (QED) is 0.344. The second kappa shape index (κ2) is 15.0. The third kappa shape index (κ3) is 9.20. The van der Waals surface area contributed by atoms with Gasteiger partial charge in [-0.25, -0.2) is 4.79 Å². The van der Waals surface area contributed by atoms with Crippen LogP contribution in [0.1, 0.15) is 37.7 Å². The number of hydrogen-bond acceptors (Lipinski definition) is 6. The second-order valence-electron chi connectivity index (χ2n) is 9.29. The summed E-state index contributed by atoms with van der Waals surface area (Å²) < 4.78 is 10.7. The summed E-state index contributed by atoms with van der Waals surface area (Å²) in [6, 6.07) is 8.56. The largest absolute Gasteiger partial charge is 0.445 e. The number of carbonyl (C=O) groups is 4. The van der Waals surface area contributed by atoms with Crippen LogP contribution in [0.3, 0.4) is 0 Å². The lowest BCUT2D eigenvalue weighted by Crippen LogP contribution is -2.56. The summed E-state index contributed by atoms with van der Waals surface area (Å²) in [6.07, 6.45) is 3.71. The van der Waals surface area contributed by atoms with Gasteiger partial charge in [-0.1, -0.05) is 36.9 Å². The highest BCUT2D eigenvalue weighted by molar-refractivity contribution is 5.87. The molecule has 1 atom stereocenters. The normalized spacial score (nSPS) is 17.0. The van der Waals surface area contributed by atoms with Crippen LogP contribution in [0.2, 0.25) is 0 Å². The lowest BCUT2D eigenvalue weighted by molar-refractivity contribution is -0.145. The molecule has 0 saturated carbocycles. The molecule has 1 aromatic rings. The molecule has 2 saturated heterocycles. The maximum atomic E-state index is 13.4. The molecule has 4 amide bonds. The van der Waals surface area contributed by atoms with Crippen LogP contribution in [0, 0.1) is 5.92 Å². The van der Waals surface area contributed by atoms with Crippen molar-refractivity contribution in [2.75, 3.05) is 45.9 Å². The Morgan fingerprint density at radius 1 is 1.03 bits per heavy atom. The number of nitrogens with one attached hydrogen (secondary N) is 2. The maximum Gasteiger partial charge on any atom is 0.408 e. The van der Waals surface area contributed by atoms with Crippen molar-refractivity contribution in [2.24, 2.45) is 5.92 Å². The summed E-state index contributed by atoms with van der Waals surface area (Å²) in [7, 11) is 0. The smallest absolute Gasteiger partial charge is 0.408 e. The molecule has 0 unspecified atom stereocenters. The maximum absolute atomic E-state index is 13.4. The molecule has 2 aliphatic rings. The third-order valence-corrected chi connectivity index (χ3v) is 6.68. The lowest BCUT2D eigenvalue weighted by atomic mass is 9.98. The van der Waals surface area contributed by atoms with Crippen LogP contribution in [-0.4, -0.2) is 85.6 Å². The summed E-state index contributed by atoms with van der Waals surface area (Å²) in [4.78, 5) is 53.6. The number of rotatable bonds is 11. The summed E-state index contributed by atoms with van der Waals surface area (Å²) in [5.74, 6) is -0.309. The van der Waals surface area contributed by atoms with E-state index >= 15 is 0 Å². The molecule has 3 rings (SSSR count). The van der Waals surface area contributed by atoms with Gasteiger partial charge < -0.3 is 29.9 Å². The molecular weight excluding hydrogens is 476 g/mol. The first-order valence-corrected chi connectivity index (χ1v) is 13.0. The van der Waals surface area contributed by atoms with Crippen molar-refractivity contribution in [3.05, 3.63) is 48.6 Å². The number of piperazine rings is 1. The Balaban J connectivity index is 1.51. The first kappa shape index (κ1) is 28.2. The lowest BCUT2D eigenvalue weighted by Gasteiger charge is -2.38. The minimum Gasteiger partial charge on any atom is -0.445 e.